The van der Waals surface area contributed by atoms with Crippen LogP contribution in [0.3, 0.4) is 0 Å². The Hall–Kier alpha value is -3.15. The highest BCUT2D eigenvalue weighted by molar-refractivity contribution is 5.76. The molecule has 0 aromatic carbocycles. The second kappa shape index (κ2) is 95.1. The second-order valence-corrected chi connectivity index (χ2v) is 35.9. The van der Waals surface area contributed by atoms with Crippen molar-refractivity contribution in [3.63, 3.8) is 0 Å². The summed E-state index contributed by atoms with van der Waals surface area (Å²) in [6.45, 7) is 7.81. The van der Waals surface area contributed by atoms with Gasteiger partial charge in [0, 0.05) is 79.7 Å². The molecule has 0 aromatic heterocycles. The summed E-state index contributed by atoms with van der Waals surface area (Å²) in [5.74, 6) is -0.407. The second-order valence-electron chi connectivity index (χ2n) is 35.9. The Morgan fingerprint density at radius 1 is 0.241 bits per heavy atom. The summed E-state index contributed by atoms with van der Waals surface area (Å²) in [5.41, 5.74) is 0. The Bertz CT molecular complexity index is 2620. The van der Waals surface area contributed by atoms with Gasteiger partial charge in [-0.2, -0.15) is 0 Å². The van der Waals surface area contributed by atoms with Crippen molar-refractivity contribution < 1.29 is 198 Å². The summed E-state index contributed by atoms with van der Waals surface area (Å²) in [4.78, 5) is 42.5. The third-order valence-electron chi connectivity index (χ3n) is 22.7. The Labute approximate surface area is 814 Å². The summed E-state index contributed by atoms with van der Waals surface area (Å²) >= 11 is 0. The number of hydrogen-bond donors (Lipinski definition) is 38. The number of carbonyl (C=O) groups excluding carboxylic acids is 3. The summed E-state index contributed by atoms with van der Waals surface area (Å²) in [6.07, 6.45) is -6.41. The van der Waals surface area contributed by atoms with Crippen LogP contribution in [0.15, 0.2) is 0 Å². The van der Waals surface area contributed by atoms with Gasteiger partial charge in [-0.1, -0.05) is 195 Å². The largest absolute Gasteiger partial charge is 0.394 e. The molecule has 45 heteroatoms. The topological polar surface area (TPSA) is 801 Å². The first-order valence-corrected chi connectivity index (χ1v) is 49.3. The molecule has 0 aromatic rings. The van der Waals surface area contributed by atoms with Crippen molar-refractivity contribution in [3.05, 3.63) is 0 Å². The SMILES string of the molecule is CCCCCCCC(=O)N(C)C[C@H](O)[C@@H](O)[C@H](O)[C@H](O)CO.CCCCCCCCC(=O)N(C)C[C@H](O)[C@@H](O)[C@H](O)[C@H](O)CO.CCCCCCCCCC(=O)N(C)C[C@H](O)[C@@H](O)[C@H](O)[C@H](O)CO.CCCCCCCCN(C)C[C@H](O)[C@@H](O)[C@H](O)[C@H](O)CO.CCCCCCCCNC[C@H](O)[C@@H](O)[C@H](O)[C@H](O)CO.CNC[C@H](O)[C@@H](O)[C@H](O)[C@H](O)CO.C[NH+](C)C[C@H](O)[C@@H](O)[C@H](O)[C@H](O)CO. The van der Waals surface area contributed by atoms with E-state index in [1.54, 1.807) is 21.1 Å². The van der Waals surface area contributed by atoms with E-state index in [-0.39, 0.29) is 63.5 Å². The molecule has 0 aliphatic heterocycles. The van der Waals surface area contributed by atoms with E-state index in [1.165, 1.54) is 132 Å². The summed E-state index contributed by atoms with van der Waals surface area (Å²) < 4.78 is 0. The van der Waals surface area contributed by atoms with E-state index in [4.69, 9.17) is 61.3 Å². The van der Waals surface area contributed by atoms with Crippen molar-refractivity contribution in [1.29, 1.82) is 0 Å². The zero-order valence-corrected chi connectivity index (χ0v) is 84.5. The predicted molar refractivity (Wildman–Crippen MR) is 513 cm³/mol. The van der Waals surface area contributed by atoms with Crippen molar-refractivity contribution in [3.8, 4) is 0 Å². The maximum absolute atomic E-state index is 12.0. The van der Waals surface area contributed by atoms with Crippen LogP contribution in [0.25, 0.3) is 0 Å². The van der Waals surface area contributed by atoms with Crippen molar-refractivity contribution in [1.82, 2.24) is 30.2 Å². The third kappa shape index (κ3) is 77.0. The fourth-order valence-corrected chi connectivity index (χ4v) is 13.1. The number of unbranched alkanes of at least 4 members (excludes halogenated alkanes) is 25. The molecule has 137 heavy (non-hydrogen) atoms. The number of hydrogen-bond acceptors (Lipinski definition) is 41. The minimum Gasteiger partial charge on any atom is -0.394 e. The summed E-state index contributed by atoms with van der Waals surface area (Å²) in [6, 6.07) is 0. The van der Waals surface area contributed by atoms with Gasteiger partial charge in [0.15, 0.2) is 0 Å². The van der Waals surface area contributed by atoms with E-state index in [9.17, 15) is 132 Å². The molecule has 0 heterocycles. The van der Waals surface area contributed by atoms with Crippen LogP contribution in [0.1, 0.15) is 247 Å². The van der Waals surface area contributed by atoms with Crippen LogP contribution in [0.5, 0.6) is 0 Å². The maximum atomic E-state index is 12.0. The molecule has 38 N–H and O–H groups in total. The molecular weight excluding hydrogens is 1810 g/mol. The number of amides is 3. The lowest BCUT2D eigenvalue weighted by Gasteiger charge is -2.28. The molecule has 0 unspecified atom stereocenters. The van der Waals surface area contributed by atoms with Gasteiger partial charge >= 0.3 is 0 Å². The van der Waals surface area contributed by atoms with Crippen LogP contribution < -0.4 is 15.5 Å². The zero-order chi connectivity index (χ0) is 107. The number of nitrogens with one attached hydrogen (secondary N) is 3. The first kappa shape index (κ1) is 147. The number of likely N-dealkylation sites (N-methyl/N-ethyl adjacent to an activating group) is 6. The number of nitrogens with zero attached hydrogens (tertiary/aromatic N) is 4. The quantitative estimate of drug-likeness (QED) is 0.0251. The van der Waals surface area contributed by atoms with Gasteiger partial charge in [0.25, 0.3) is 0 Å². The first-order chi connectivity index (χ1) is 64.4. The van der Waals surface area contributed by atoms with E-state index >= 15 is 0 Å². The molecule has 3 amide bonds. The van der Waals surface area contributed by atoms with Gasteiger partial charge in [-0.15, -0.1) is 0 Å². The van der Waals surface area contributed by atoms with Gasteiger partial charge in [0.05, 0.1) is 78.7 Å². The molecule has 0 saturated heterocycles. The van der Waals surface area contributed by atoms with Crippen LogP contribution >= 0.6 is 0 Å². The molecular formula is C92H200N7O38+. The standard InChI is InChI=1S/C17H35NO6.C16H33NO6.C15H31NO6.C15H33NO5.C14H31NO5.C8H19NO5.C7H17NO5/c1-3-4-5-6-7-8-9-10-15(22)18(2)11-13(20)16(23)17(24)14(21)12-19;1-3-4-5-6-7-8-9-14(21)17(2)10-12(19)15(22)16(23)13(20)11-18;1-3-4-5-6-7-8-13(20)16(2)9-11(18)14(21)15(22)12(19)10-17;1-3-4-5-6-7-8-9-16(2)10-12(18)14(20)15(21)13(19)11-17;1-2-3-4-5-6-7-8-15-9-11(17)13(19)14(20)12(18)10-16;1-9(2)3-5(11)7(13)8(14)6(12)4-10;1-8-2-4(10)6(12)7(13)5(11)3-9/h13-14,16-17,19-21,23-24H,3-12H2,1-2H3;12-13,15-16,18-20,22-23H,3-11H2,1-2H3;11-12,14-15,17-19,21-22H,3-10H2,1-2H3;12-15,17-21H,3-11H2,1-2H3;11-20H,2-10H2,1H3;5-8,10-14H,3-4H2,1-2H3;4-13H,2-3H2,1H3/p+1/t13-,14+,16+,17+;12-,13+,15+,16+;11-,12+,14+,15+;12-,13+,14+,15+;11-,12+,13+,14+;5-,6+,7+,8+;4-,5+,6+,7+/m0000000/s1. The van der Waals surface area contributed by atoms with E-state index < -0.39 is 217 Å². The van der Waals surface area contributed by atoms with Gasteiger partial charge in [-0.25, -0.2) is 0 Å². The van der Waals surface area contributed by atoms with Crippen molar-refractivity contribution in [2.45, 2.75) is 417 Å². The molecule has 0 saturated carbocycles. The Morgan fingerprint density at radius 2 is 0.431 bits per heavy atom. The van der Waals surface area contributed by atoms with Gasteiger partial charge in [0.2, 0.25) is 17.7 Å². The lowest BCUT2D eigenvalue weighted by Crippen LogP contribution is -3.07. The van der Waals surface area contributed by atoms with Crippen molar-refractivity contribution in [2.24, 2.45) is 0 Å². The van der Waals surface area contributed by atoms with Crippen LogP contribution in [0.2, 0.25) is 0 Å². The monoisotopic (exact) mass is 2010 g/mol. The van der Waals surface area contributed by atoms with E-state index in [0.29, 0.717) is 19.3 Å². The Kier molecular flexibility index (Phi) is 102. The van der Waals surface area contributed by atoms with E-state index in [2.05, 4.69) is 45.3 Å². The number of rotatable bonds is 77. The van der Waals surface area contributed by atoms with E-state index in [0.717, 1.165) is 114 Å². The fourth-order valence-electron chi connectivity index (χ4n) is 13.1. The number of carbonyl (C=O) groups is 3. The highest BCUT2D eigenvalue weighted by Crippen LogP contribution is 2.18. The highest BCUT2D eigenvalue weighted by Gasteiger charge is 2.37. The number of aliphatic hydroxyl groups excluding tert-OH is 35. The van der Waals surface area contributed by atoms with Gasteiger partial charge in [0.1, 0.15) is 159 Å². The Balaban J connectivity index is -0.000000290. The molecule has 0 aliphatic carbocycles. The fraction of sp³-hybridized carbons (Fsp3) is 0.967. The molecule has 0 aliphatic rings. The van der Waals surface area contributed by atoms with Crippen LogP contribution in [0.4, 0.5) is 0 Å². The normalized spacial score (nSPS) is 17.8. The van der Waals surface area contributed by atoms with Gasteiger partial charge < -0.3 is 214 Å². The Morgan fingerprint density at radius 3 is 0.657 bits per heavy atom. The molecule has 0 fully saturated rings. The molecule has 830 valence electrons. The zero-order valence-electron chi connectivity index (χ0n) is 84.5. The van der Waals surface area contributed by atoms with Gasteiger partial charge in [-0.3, -0.25) is 14.4 Å². The van der Waals surface area contributed by atoms with E-state index in [1.807, 2.05) is 11.9 Å². The molecule has 0 bridgehead atoms. The van der Waals surface area contributed by atoms with Crippen LogP contribution in [-0.4, -0.2) is 541 Å². The molecule has 45 nitrogen and oxygen atoms in total. The summed E-state index contributed by atoms with van der Waals surface area (Å²) in [7, 11) is 11.5. The number of aliphatic hydroxyl groups is 35. The predicted octanol–water partition coefficient (Wildman–Crippen LogP) is -9.81. The van der Waals surface area contributed by atoms with Crippen molar-refractivity contribution >= 4 is 17.7 Å². The molecule has 0 radical (unpaired) electrons. The highest BCUT2D eigenvalue weighted by atomic mass is 16.4. The number of quaternary nitrogens is 1. The summed E-state index contributed by atoms with van der Waals surface area (Å²) in [5, 5.41) is 330. The lowest BCUT2D eigenvalue weighted by atomic mass is 10.0. The average molecular weight is 2010 g/mol. The smallest absolute Gasteiger partial charge is 0.222 e. The molecule has 28 atom stereocenters. The van der Waals surface area contributed by atoms with Crippen molar-refractivity contribution in [2.75, 3.05) is 154 Å². The van der Waals surface area contributed by atoms with Crippen LogP contribution in [-0.2, 0) is 14.4 Å². The lowest BCUT2D eigenvalue weighted by molar-refractivity contribution is -0.862. The average Bonchev–Trinajstić information content (AvgIpc) is 0.890. The van der Waals surface area contributed by atoms with Crippen LogP contribution in [0, 0.1) is 0 Å². The molecule has 0 spiro atoms. The maximum Gasteiger partial charge on any atom is 0.222 e. The van der Waals surface area contributed by atoms with Gasteiger partial charge in [-0.05, 0) is 59.3 Å². The minimum absolute atomic E-state index is 0.0936. The molecule has 0 rings (SSSR count). The third-order valence-corrected chi connectivity index (χ3v) is 22.7. The minimum atomic E-state index is -1.67. The first-order valence-electron chi connectivity index (χ1n) is 49.3.